The molecular weight excluding hydrogens is 1250 g/mol. The lowest BCUT2D eigenvalue weighted by Crippen LogP contribution is -2.18. The summed E-state index contributed by atoms with van der Waals surface area (Å²) < 4.78 is 135. The molecule has 0 bridgehead atoms. The normalized spacial score (nSPS) is 11.6. The number of methoxy groups -OCH3 is 3. The van der Waals surface area contributed by atoms with Gasteiger partial charge in [0.1, 0.15) is 51.7 Å². The summed E-state index contributed by atoms with van der Waals surface area (Å²) in [6.07, 6.45) is 0. The first-order valence-electron chi connectivity index (χ1n) is 29.1. The highest BCUT2D eigenvalue weighted by Gasteiger charge is 2.25. The van der Waals surface area contributed by atoms with E-state index in [2.05, 4.69) is 57.2 Å². The molecule has 0 atom stereocenters. The number of aryl methyl sites for hydroxylation is 3. The minimum atomic E-state index is -3.68. The number of hydrogen-bond donors (Lipinski definition) is 0. The second-order valence-corrected chi connectivity index (χ2v) is 29.7. The van der Waals surface area contributed by atoms with Crippen molar-refractivity contribution in [2.75, 3.05) is 21.3 Å². The van der Waals surface area contributed by atoms with Crippen LogP contribution in [-0.2, 0) is 44.8 Å². The van der Waals surface area contributed by atoms with Gasteiger partial charge in [-0.25, -0.2) is 33.7 Å². The Labute approximate surface area is 544 Å². The Kier molecular flexibility index (Phi) is 21.1. The Balaban J connectivity index is 0.000000167. The molecule has 0 radical (unpaired) electrons. The minimum Gasteiger partial charge on any atom is -0.497 e. The molecule has 0 N–H and O–H groups in total. The summed E-state index contributed by atoms with van der Waals surface area (Å²) in [4.78, 5) is 1.53. The smallest absolute Gasteiger partial charge is 0.206 e. The van der Waals surface area contributed by atoms with Gasteiger partial charge in [0.15, 0.2) is 0 Å². The fourth-order valence-corrected chi connectivity index (χ4v) is 14.4. The summed E-state index contributed by atoms with van der Waals surface area (Å²) in [7, 11) is -9.90. The summed E-state index contributed by atoms with van der Waals surface area (Å²) in [5, 5.41) is 0. The number of benzene rings is 11. The maximum absolute atomic E-state index is 12.9. The van der Waals surface area contributed by atoms with E-state index in [9.17, 15) is 33.7 Å². The molecule has 0 aromatic heterocycles. The van der Waals surface area contributed by atoms with Crippen LogP contribution in [0.15, 0.2) is 306 Å². The average Bonchev–Trinajstić information content (AvgIpc) is 0.979. The molecule has 0 unspecified atom stereocenters. The minimum absolute atomic E-state index is 0.129. The third-order valence-electron chi connectivity index (χ3n) is 15.1. The molecule has 0 aliphatic rings. The number of hydrogen-bond acceptors (Lipinski definition) is 14. The zero-order valence-corrected chi connectivity index (χ0v) is 55.5. The second kappa shape index (κ2) is 29.1. The molecule has 14 nitrogen and oxygen atoms in total. The Morgan fingerprint density at radius 1 is 0.215 bits per heavy atom. The zero-order valence-electron chi connectivity index (χ0n) is 52.3. The van der Waals surface area contributed by atoms with Crippen LogP contribution in [0.1, 0.15) is 41.7 Å². The van der Waals surface area contributed by atoms with Crippen molar-refractivity contribution in [2.24, 2.45) is 0 Å². The monoisotopic (exact) mass is 1320 g/mol. The third kappa shape index (κ3) is 16.6. The molecule has 11 aromatic rings. The van der Waals surface area contributed by atoms with E-state index >= 15 is 0 Å². The van der Waals surface area contributed by atoms with Crippen LogP contribution in [0, 0.1) is 20.8 Å². The number of sulfone groups is 4. The molecule has 11 aromatic carbocycles. The van der Waals surface area contributed by atoms with Crippen molar-refractivity contribution >= 4 is 39.3 Å². The first-order chi connectivity index (χ1) is 44.4. The van der Waals surface area contributed by atoms with Gasteiger partial charge in [-0.05, 0) is 238 Å². The lowest BCUT2D eigenvalue weighted by molar-refractivity contribution is 0.414. The standard InChI is InChI=1S/C29H28O4S.C26H22O6S2.C20H18O4S/c1-21-5-7-22(8-6-21)29(2,3)23-9-11-25(12-10-23)33-26-15-19-28(20-16-26)34(30,31)27-17-13-24(32-4)14-18-27;1-19-3-11-23(12-4-19)33(27,28)25-15-7-21(8-16-25)32-22-9-17-26(18-10-22)34(29,30)24-13-5-20(31-2)6-14-24;1-15-3-5-17(6-4-15)24-18-9-13-20(14-10-18)25(21,22)19-11-7-16(23-2)8-12-19/h5-20H,1-4H3;3-18H,1-2H3;3-14H,1-2H3. The van der Waals surface area contributed by atoms with Crippen molar-refractivity contribution in [1.82, 2.24) is 0 Å². The van der Waals surface area contributed by atoms with E-state index in [1.54, 1.807) is 141 Å². The van der Waals surface area contributed by atoms with Gasteiger partial charge >= 0.3 is 0 Å². The molecule has 0 aliphatic heterocycles. The van der Waals surface area contributed by atoms with Crippen molar-refractivity contribution < 1.29 is 62.1 Å². The fraction of sp³-hybridized carbons (Fsp3) is 0.120. The Morgan fingerprint density at radius 3 is 0.559 bits per heavy atom. The van der Waals surface area contributed by atoms with Crippen LogP contribution < -0.4 is 28.4 Å². The van der Waals surface area contributed by atoms with Crippen LogP contribution in [0.5, 0.6) is 51.7 Å². The van der Waals surface area contributed by atoms with E-state index in [1.165, 1.54) is 91.6 Å². The molecule has 0 saturated carbocycles. The Morgan fingerprint density at radius 2 is 0.355 bits per heavy atom. The third-order valence-corrected chi connectivity index (χ3v) is 22.2. The van der Waals surface area contributed by atoms with Crippen LogP contribution >= 0.6 is 0 Å². The highest BCUT2D eigenvalue weighted by Crippen LogP contribution is 2.36. The van der Waals surface area contributed by atoms with Gasteiger partial charge in [0.25, 0.3) is 0 Å². The zero-order chi connectivity index (χ0) is 66.6. The average molecular weight is 1320 g/mol. The van der Waals surface area contributed by atoms with Gasteiger partial charge < -0.3 is 28.4 Å². The maximum Gasteiger partial charge on any atom is 0.206 e. The summed E-state index contributed by atoms with van der Waals surface area (Å²) in [6.45, 7) is 10.4. The highest BCUT2D eigenvalue weighted by atomic mass is 32.2. The van der Waals surface area contributed by atoms with Gasteiger partial charge in [-0.15, -0.1) is 0 Å². The molecule has 0 amide bonds. The quantitative estimate of drug-likeness (QED) is 0.0742. The topological polar surface area (TPSA) is 192 Å². The molecule has 0 spiro atoms. The molecule has 476 valence electrons. The molecule has 0 fully saturated rings. The van der Waals surface area contributed by atoms with E-state index in [0.29, 0.717) is 51.7 Å². The van der Waals surface area contributed by atoms with Crippen LogP contribution in [0.2, 0.25) is 0 Å². The van der Waals surface area contributed by atoms with Gasteiger partial charge in [-0.2, -0.15) is 0 Å². The van der Waals surface area contributed by atoms with Crippen molar-refractivity contribution in [3.8, 4) is 51.7 Å². The van der Waals surface area contributed by atoms with E-state index in [4.69, 9.17) is 28.4 Å². The van der Waals surface area contributed by atoms with E-state index in [-0.39, 0.29) is 44.6 Å². The van der Waals surface area contributed by atoms with E-state index in [1.807, 2.05) is 50.2 Å². The van der Waals surface area contributed by atoms with Gasteiger partial charge in [0.05, 0.1) is 60.5 Å². The first kappa shape index (κ1) is 67.4. The lowest BCUT2D eigenvalue weighted by atomic mass is 9.78. The van der Waals surface area contributed by atoms with Crippen LogP contribution in [0.25, 0.3) is 0 Å². The first-order valence-corrected chi connectivity index (χ1v) is 35.0. The van der Waals surface area contributed by atoms with Gasteiger partial charge in [0.2, 0.25) is 39.3 Å². The van der Waals surface area contributed by atoms with Gasteiger partial charge in [-0.1, -0.05) is 91.2 Å². The molecule has 93 heavy (non-hydrogen) atoms. The predicted molar refractivity (Wildman–Crippen MR) is 359 cm³/mol. The van der Waals surface area contributed by atoms with Crippen LogP contribution in [-0.4, -0.2) is 55.0 Å². The Bertz CT molecular complexity index is 4760. The molecule has 0 saturated heterocycles. The molecular formula is C75H68O14S4. The number of ether oxygens (including phenoxy) is 6. The highest BCUT2D eigenvalue weighted by molar-refractivity contribution is 7.92. The molecule has 0 aliphatic carbocycles. The van der Waals surface area contributed by atoms with Gasteiger partial charge in [-0.3, -0.25) is 0 Å². The predicted octanol–water partition coefficient (Wildman–Crippen LogP) is 17.0. The van der Waals surface area contributed by atoms with E-state index in [0.717, 1.165) is 11.1 Å². The van der Waals surface area contributed by atoms with E-state index < -0.39 is 39.3 Å². The Hall–Kier alpha value is -9.98. The van der Waals surface area contributed by atoms with Crippen molar-refractivity contribution in [3.05, 3.63) is 295 Å². The summed E-state index contributed by atoms with van der Waals surface area (Å²) in [5.74, 6) is 5.18. The SMILES string of the molecule is COc1ccc(S(=O)(=O)c2ccc(Oc3ccc(C(C)(C)c4ccc(C)cc4)cc3)cc2)cc1.COc1ccc(S(=O)(=O)c2ccc(Oc3ccc(C)cc3)cc2)cc1.COc1ccc(S(=O)(=O)c2ccc(Oc3ccc(S(=O)(=O)c4ccc(C)cc4)cc3)cc2)cc1. The van der Waals surface area contributed by atoms with Crippen molar-refractivity contribution in [1.29, 1.82) is 0 Å². The van der Waals surface area contributed by atoms with Crippen LogP contribution in [0.3, 0.4) is 0 Å². The summed E-state index contributed by atoms with van der Waals surface area (Å²) >= 11 is 0. The summed E-state index contributed by atoms with van der Waals surface area (Å²) in [6, 6.07) is 74.7. The second-order valence-electron chi connectivity index (χ2n) is 21.9. The largest absolute Gasteiger partial charge is 0.497 e. The lowest BCUT2D eigenvalue weighted by Gasteiger charge is -2.26. The maximum atomic E-state index is 12.9. The molecule has 11 rings (SSSR count). The fourth-order valence-electron chi connectivity index (χ4n) is 9.36. The van der Waals surface area contributed by atoms with Crippen molar-refractivity contribution in [3.63, 3.8) is 0 Å². The van der Waals surface area contributed by atoms with Gasteiger partial charge in [0, 0.05) is 5.41 Å². The summed E-state index contributed by atoms with van der Waals surface area (Å²) in [5.41, 5.74) is 5.67. The number of rotatable bonds is 19. The van der Waals surface area contributed by atoms with Crippen LogP contribution in [0.4, 0.5) is 0 Å². The molecule has 18 heteroatoms. The van der Waals surface area contributed by atoms with Crippen molar-refractivity contribution in [2.45, 2.75) is 79.2 Å². The molecule has 0 heterocycles.